The molecule has 3 aromatic carbocycles. The van der Waals surface area contributed by atoms with Gasteiger partial charge in [-0.3, -0.25) is 9.69 Å². The van der Waals surface area contributed by atoms with Crippen LogP contribution in [0.3, 0.4) is 0 Å². The van der Waals surface area contributed by atoms with Crippen LogP contribution in [-0.4, -0.2) is 35.7 Å². The fourth-order valence-corrected chi connectivity index (χ4v) is 4.27. The Morgan fingerprint density at radius 1 is 1.00 bits per heavy atom. The third-order valence-corrected chi connectivity index (χ3v) is 5.68. The van der Waals surface area contributed by atoms with Crippen LogP contribution in [0.25, 0.3) is 10.8 Å². The van der Waals surface area contributed by atoms with E-state index in [4.69, 9.17) is 4.74 Å². The van der Waals surface area contributed by atoms with Crippen molar-refractivity contribution < 1.29 is 14.6 Å². The zero-order valence-electron chi connectivity index (χ0n) is 16.0. The van der Waals surface area contributed by atoms with Gasteiger partial charge in [-0.05, 0) is 59.5 Å². The summed E-state index contributed by atoms with van der Waals surface area (Å²) in [7, 11) is 1.65. The Hall–Kier alpha value is -2.85. The average molecular weight is 375 g/mol. The highest BCUT2D eigenvalue weighted by Gasteiger charge is 2.35. The number of carboxylic acid groups (broad SMARTS) is 1. The standard InChI is InChI=1S/C24H25NO3/c1-28-21-13-11-18(12-14-21)23(25-15-5-4-8-22(25)24(26)27)20-10-9-17-6-2-3-7-19(17)16-20/h2-3,6-7,9-14,16,22-23H,4-5,8,15H2,1H3,(H,26,27). The Morgan fingerprint density at radius 3 is 2.43 bits per heavy atom. The lowest BCUT2D eigenvalue weighted by Crippen LogP contribution is -2.46. The maximum absolute atomic E-state index is 12.0. The molecule has 144 valence electrons. The molecule has 0 spiro atoms. The minimum Gasteiger partial charge on any atom is -0.497 e. The van der Waals surface area contributed by atoms with Gasteiger partial charge in [0.05, 0.1) is 13.2 Å². The van der Waals surface area contributed by atoms with Gasteiger partial charge in [0.2, 0.25) is 0 Å². The number of hydrogen-bond acceptors (Lipinski definition) is 3. The molecule has 0 bridgehead atoms. The number of nitrogens with zero attached hydrogens (tertiary/aromatic N) is 1. The first-order valence-corrected chi connectivity index (χ1v) is 9.78. The maximum Gasteiger partial charge on any atom is 0.320 e. The number of benzene rings is 3. The quantitative estimate of drug-likeness (QED) is 0.691. The minimum absolute atomic E-state index is 0.100. The summed E-state index contributed by atoms with van der Waals surface area (Å²) < 4.78 is 5.31. The van der Waals surface area contributed by atoms with Gasteiger partial charge in [0.15, 0.2) is 0 Å². The SMILES string of the molecule is COc1ccc(C(c2ccc3ccccc3c2)N2CCCCC2C(=O)O)cc1. The molecule has 3 aromatic rings. The van der Waals surface area contributed by atoms with Crippen LogP contribution >= 0.6 is 0 Å². The molecule has 4 heteroatoms. The van der Waals surface area contributed by atoms with E-state index in [0.29, 0.717) is 6.42 Å². The molecule has 4 nitrogen and oxygen atoms in total. The van der Waals surface area contributed by atoms with Gasteiger partial charge >= 0.3 is 5.97 Å². The summed E-state index contributed by atoms with van der Waals surface area (Å²) in [6, 6.07) is 22.2. The molecule has 1 aliphatic rings. The van der Waals surface area contributed by atoms with E-state index in [9.17, 15) is 9.90 Å². The fraction of sp³-hybridized carbons (Fsp3) is 0.292. The predicted octanol–water partition coefficient (Wildman–Crippen LogP) is 4.88. The molecule has 0 aliphatic carbocycles. The van der Waals surface area contributed by atoms with Crippen LogP contribution in [0, 0.1) is 0 Å². The van der Waals surface area contributed by atoms with Gasteiger partial charge in [-0.15, -0.1) is 0 Å². The molecule has 2 unspecified atom stereocenters. The minimum atomic E-state index is -0.737. The second-order valence-corrected chi connectivity index (χ2v) is 7.37. The summed E-state index contributed by atoms with van der Waals surface area (Å²) in [5, 5.41) is 12.2. The van der Waals surface area contributed by atoms with Gasteiger partial charge in [-0.25, -0.2) is 0 Å². The van der Waals surface area contributed by atoms with Crippen molar-refractivity contribution in [1.82, 2.24) is 4.90 Å². The number of ether oxygens (including phenoxy) is 1. The molecule has 0 radical (unpaired) electrons. The van der Waals surface area contributed by atoms with Crippen LogP contribution < -0.4 is 4.74 Å². The van der Waals surface area contributed by atoms with Crippen molar-refractivity contribution in [1.29, 1.82) is 0 Å². The first-order chi connectivity index (χ1) is 13.7. The van der Waals surface area contributed by atoms with Crippen LogP contribution in [0.15, 0.2) is 66.7 Å². The maximum atomic E-state index is 12.0. The monoisotopic (exact) mass is 375 g/mol. The number of likely N-dealkylation sites (tertiary alicyclic amines) is 1. The van der Waals surface area contributed by atoms with E-state index in [-0.39, 0.29) is 6.04 Å². The van der Waals surface area contributed by atoms with Gasteiger partial charge in [-0.2, -0.15) is 0 Å². The van der Waals surface area contributed by atoms with Crippen LogP contribution in [-0.2, 0) is 4.79 Å². The highest BCUT2D eigenvalue weighted by molar-refractivity contribution is 5.83. The van der Waals surface area contributed by atoms with Crippen molar-refractivity contribution in [3.05, 3.63) is 77.9 Å². The van der Waals surface area contributed by atoms with Gasteiger partial charge in [0.25, 0.3) is 0 Å². The van der Waals surface area contributed by atoms with E-state index in [1.165, 1.54) is 10.8 Å². The van der Waals surface area contributed by atoms with E-state index in [2.05, 4.69) is 35.2 Å². The molecule has 28 heavy (non-hydrogen) atoms. The van der Waals surface area contributed by atoms with Crippen molar-refractivity contribution in [3.63, 3.8) is 0 Å². The molecule has 2 atom stereocenters. The molecule has 1 aliphatic heterocycles. The van der Waals surface area contributed by atoms with Crippen LogP contribution in [0.4, 0.5) is 0 Å². The van der Waals surface area contributed by atoms with Gasteiger partial charge < -0.3 is 9.84 Å². The van der Waals surface area contributed by atoms with Crippen molar-refractivity contribution in [3.8, 4) is 5.75 Å². The number of carbonyl (C=O) groups is 1. The molecule has 1 N–H and O–H groups in total. The summed E-state index contributed by atoms with van der Waals surface area (Å²) in [4.78, 5) is 14.1. The average Bonchev–Trinajstić information content (AvgIpc) is 2.74. The van der Waals surface area contributed by atoms with Crippen LogP contribution in [0.5, 0.6) is 5.75 Å². The molecule has 1 fully saturated rings. The Balaban J connectivity index is 1.82. The summed E-state index contributed by atoms with van der Waals surface area (Å²) in [6.45, 7) is 0.778. The smallest absolute Gasteiger partial charge is 0.320 e. The second kappa shape index (κ2) is 8.03. The Labute approximate surface area is 165 Å². The van der Waals surface area contributed by atoms with Gasteiger partial charge in [0, 0.05) is 0 Å². The topological polar surface area (TPSA) is 49.8 Å². The van der Waals surface area contributed by atoms with E-state index < -0.39 is 12.0 Å². The molecule has 0 aromatic heterocycles. The van der Waals surface area contributed by atoms with Crippen molar-refractivity contribution in [2.45, 2.75) is 31.3 Å². The largest absolute Gasteiger partial charge is 0.497 e. The Kier molecular flexibility index (Phi) is 5.31. The zero-order chi connectivity index (χ0) is 19.5. The third kappa shape index (κ3) is 3.60. The summed E-state index contributed by atoms with van der Waals surface area (Å²) in [6.07, 6.45) is 2.67. The number of hydrogen-bond donors (Lipinski definition) is 1. The third-order valence-electron chi connectivity index (χ3n) is 5.68. The molecular weight excluding hydrogens is 350 g/mol. The Morgan fingerprint density at radius 2 is 1.71 bits per heavy atom. The highest BCUT2D eigenvalue weighted by atomic mass is 16.5. The van der Waals surface area contributed by atoms with Crippen LogP contribution in [0.2, 0.25) is 0 Å². The number of piperidine rings is 1. The number of methoxy groups -OCH3 is 1. The van der Waals surface area contributed by atoms with Crippen molar-refractivity contribution >= 4 is 16.7 Å². The highest BCUT2D eigenvalue weighted by Crippen LogP contribution is 2.36. The Bertz CT molecular complexity index is 967. The molecule has 4 rings (SSSR count). The van der Waals surface area contributed by atoms with Crippen LogP contribution in [0.1, 0.15) is 36.4 Å². The first-order valence-electron chi connectivity index (χ1n) is 9.78. The summed E-state index contributed by atoms with van der Waals surface area (Å²) >= 11 is 0. The van der Waals surface area contributed by atoms with E-state index in [0.717, 1.165) is 36.3 Å². The van der Waals surface area contributed by atoms with Crippen molar-refractivity contribution in [2.75, 3.05) is 13.7 Å². The van der Waals surface area contributed by atoms with E-state index >= 15 is 0 Å². The van der Waals surface area contributed by atoms with E-state index in [1.807, 2.05) is 36.4 Å². The van der Waals surface area contributed by atoms with Gasteiger partial charge in [0.1, 0.15) is 11.8 Å². The lowest BCUT2D eigenvalue weighted by atomic mass is 9.90. The molecular formula is C24H25NO3. The molecule has 1 heterocycles. The normalized spacial score (nSPS) is 18.7. The first kappa shape index (κ1) is 18.5. The molecule has 0 saturated carbocycles. The van der Waals surface area contributed by atoms with Gasteiger partial charge in [-0.1, -0.05) is 55.0 Å². The summed E-state index contributed by atoms with van der Waals surface area (Å²) in [5.74, 6) is 0.0634. The zero-order valence-corrected chi connectivity index (χ0v) is 16.0. The second-order valence-electron chi connectivity index (χ2n) is 7.37. The number of fused-ring (bicyclic) bond motifs is 1. The molecule has 0 amide bonds. The lowest BCUT2D eigenvalue weighted by molar-refractivity contribution is -0.145. The molecule has 1 saturated heterocycles. The lowest BCUT2D eigenvalue weighted by Gasteiger charge is -2.39. The van der Waals surface area contributed by atoms with E-state index in [1.54, 1.807) is 7.11 Å². The number of rotatable bonds is 5. The predicted molar refractivity (Wildman–Crippen MR) is 111 cm³/mol. The number of aliphatic carboxylic acids is 1. The van der Waals surface area contributed by atoms with Crippen molar-refractivity contribution in [2.24, 2.45) is 0 Å². The number of carboxylic acids is 1. The fourth-order valence-electron chi connectivity index (χ4n) is 4.27. The summed E-state index contributed by atoms with van der Waals surface area (Å²) in [5.41, 5.74) is 2.21.